The van der Waals surface area contributed by atoms with Gasteiger partial charge in [-0.25, -0.2) is 0 Å². The number of hydrogen-bond acceptors (Lipinski definition) is 3. The molecule has 1 fully saturated rings. The van der Waals surface area contributed by atoms with Gasteiger partial charge in [-0.15, -0.1) is 0 Å². The molecule has 1 aliphatic rings. The van der Waals surface area contributed by atoms with Gasteiger partial charge in [-0.05, 0) is 18.9 Å². The molecule has 0 aliphatic carbocycles. The Balaban J connectivity index is 1.92. The second-order valence-electron chi connectivity index (χ2n) is 6.16. The minimum atomic E-state index is -0.891. The number of aromatic nitrogens is 1. The molecule has 1 N–H and O–H groups in total. The highest BCUT2D eigenvalue weighted by Gasteiger charge is 2.28. The van der Waals surface area contributed by atoms with Gasteiger partial charge in [0.25, 0.3) is 5.91 Å². The third kappa shape index (κ3) is 3.28. The van der Waals surface area contributed by atoms with Gasteiger partial charge in [0.2, 0.25) is 0 Å². The van der Waals surface area contributed by atoms with E-state index in [9.17, 15) is 9.59 Å². The van der Waals surface area contributed by atoms with Crippen molar-refractivity contribution in [2.45, 2.75) is 25.3 Å². The summed E-state index contributed by atoms with van der Waals surface area (Å²) in [5, 5.41) is 9.92. The van der Waals surface area contributed by atoms with E-state index < -0.39 is 5.97 Å². The monoisotopic (exact) mass is 330 g/mol. The molecule has 128 valence electrons. The van der Waals surface area contributed by atoms with Crippen LogP contribution in [0.15, 0.2) is 30.5 Å². The number of aliphatic carboxylic acids is 1. The van der Waals surface area contributed by atoms with Crippen molar-refractivity contribution in [2.75, 3.05) is 19.8 Å². The van der Waals surface area contributed by atoms with Gasteiger partial charge >= 0.3 is 5.97 Å². The Kier molecular flexibility index (Phi) is 4.85. The Hall–Kier alpha value is -2.34. The van der Waals surface area contributed by atoms with E-state index in [1.54, 1.807) is 4.90 Å². The first-order valence-electron chi connectivity index (χ1n) is 8.22. The standard InChI is InChI=1S/C18H22N2O4/c1-19-12-15(14-4-2-3-5-16(14)19)18(23)20(9-6-17(21)22)13-7-10-24-11-8-13/h2-5,12-13H,6-11H2,1H3,(H,21,22). The Morgan fingerprint density at radius 1 is 1.29 bits per heavy atom. The lowest BCUT2D eigenvalue weighted by Crippen LogP contribution is -2.44. The van der Waals surface area contributed by atoms with E-state index in [4.69, 9.17) is 9.84 Å². The smallest absolute Gasteiger partial charge is 0.305 e. The Morgan fingerprint density at radius 2 is 2.00 bits per heavy atom. The first-order chi connectivity index (χ1) is 11.6. The predicted molar refractivity (Wildman–Crippen MR) is 90.0 cm³/mol. The second-order valence-corrected chi connectivity index (χ2v) is 6.16. The number of amides is 1. The molecule has 3 rings (SSSR count). The molecule has 24 heavy (non-hydrogen) atoms. The fraction of sp³-hybridized carbons (Fsp3) is 0.444. The van der Waals surface area contributed by atoms with Crippen LogP contribution in [0.4, 0.5) is 0 Å². The molecule has 0 saturated carbocycles. The van der Waals surface area contributed by atoms with Gasteiger partial charge in [0, 0.05) is 49.9 Å². The van der Waals surface area contributed by atoms with E-state index in [0.717, 1.165) is 23.7 Å². The highest BCUT2D eigenvalue weighted by molar-refractivity contribution is 6.07. The maximum Gasteiger partial charge on any atom is 0.305 e. The Morgan fingerprint density at radius 3 is 2.71 bits per heavy atom. The van der Waals surface area contributed by atoms with Crippen molar-refractivity contribution in [1.82, 2.24) is 9.47 Å². The maximum atomic E-state index is 13.2. The van der Waals surface area contributed by atoms with E-state index in [-0.39, 0.29) is 24.9 Å². The van der Waals surface area contributed by atoms with Gasteiger partial charge in [0.05, 0.1) is 12.0 Å². The van der Waals surface area contributed by atoms with Crippen LogP contribution in [0.1, 0.15) is 29.6 Å². The SMILES string of the molecule is Cn1cc(C(=O)N(CCC(=O)O)C2CCOCC2)c2ccccc21. The summed E-state index contributed by atoms with van der Waals surface area (Å²) < 4.78 is 7.31. The van der Waals surface area contributed by atoms with Crippen molar-refractivity contribution in [1.29, 1.82) is 0 Å². The number of carbonyl (C=O) groups excluding carboxylic acids is 1. The summed E-state index contributed by atoms with van der Waals surface area (Å²) in [5.41, 5.74) is 1.62. The zero-order chi connectivity index (χ0) is 17.1. The van der Waals surface area contributed by atoms with Crippen molar-refractivity contribution in [3.05, 3.63) is 36.0 Å². The number of rotatable bonds is 5. The van der Waals surface area contributed by atoms with Crippen LogP contribution in [0.25, 0.3) is 10.9 Å². The number of nitrogens with zero attached hydrogens (tertiary/aromatic N) is 2. The zero-order valence-corrected chi connectivity index (χ0v) is 13.8. The molecule has 0 radical (unpaired) electrons. The van der Waals surface area contributed by atoms with Crippen LogP contribution in [0.2, 0.25) is 0 Å². The fourth-order valence-electron chi connectivity index (χ4n) is 3.33. The lowest BCUT2D eigenvalue weighted by Gasteiger charge is -2.34. The average molecular weight is 330 g/mol. The summed E-state index contributed by atoms with van der Waals surface area (Å²) in [5.74, 6) is -0.988. The highest BCUT2D eigenvalue weighted by atomic mass is 16.5. The van der Waals surface area contributed by atoms with E-state index >= 15 is 0 Å². The lowest BCUT2D eigenvalue weighted by molar-refractivity contribution is -0.137. The molecule has 0 bridgehead atoms. The topological polar surface area (TPSA) is 71.8 Å². The fourth-order valence-corrected chi connectivity index (χ4v) is 3.33. The molecule has 0 unspecified atom stereocenters. The van der Waals surface area contributed by atoms with Gasteiger partial charge < -0.3 is 19.3 Å². The molecule has 6 nitrogen and oxygen atoms in total. The first-order valence-corrected chi connectivity index (χ1v) is 8.22. The molecule has 0 spiro atoms. The first kappa shape index (κ1) is 16.5. The summed E-state index contributed by atoms with van der Waals surface area (Å²) in [7, 11) is 1.91. The van der Waals surface area contributed by atoms with Gasteiger partial charge in [-0.3, -0.25) is 9.59 Å². The van der Waals surface area contributed by atoms with Crippen LogP contribution in [0.5, 0.6) is 0 Å². The minimum Gasteiger partial charge on any atom is -0.481 e. The number of hydrogen-bond donors (Lipinski definition) is 1. The van der Waals surface area contributed by atoms with Crippen LogP contribution in [0.3, 0.4) is 0 Å². The van der Waals surface area contributed by atoms with Crippen molar-refractivity contribution >= 4 is 22.8 Å². The second kappa shape index (κ2) is 7.05. The molecule has 1 aromatic heterocycles. The van der Waals surface area contributed by atoms with Crippen LogP contribution in [0, 0.1) is 0 Å². The van der Waals surface area contributed by atoms with E-state index in [2.05, 4.69) is 0 Å². The summed E-state index contributed by atoms with van der Waals surface area (Å²) in [6.45, 7) is 1.44. The number of carboxylic acids is 1. The van der Waals surface area contributed by atoms with E-state index in [1.165, 1.54) is 0 Å². The average Bonchev–Trinajstić information content (AvgIpc) is 2.93. The van der Waals surface area contributed by atoms with Gasteiger partial charge in [-0.2, -0.15) is 0 Å². The number of benzene rings is 1. The summed E-state index contributed by atoms with van der Waals surface area (Å²) in [4.78, 5) is 25.9. The molecule has 0 atom stereocenters. The number of aryl methyl sites for hydroxylation is 1. The molecule has 2 heterocycles. The Bertz CT molecular complexity index is 747. The molecule has 6 heteroatoms. The molecular formula is C18H22N2O4. The number of carboxylic acid groups (broad SMARTS) is 1. The molecule has 1 aliphatic heterocycles. The maximum absolute atomic E-state index is 13.2. The van der Waals surface area contributed by atoms with E-state index in [0.29, 0.717) is 18.8 Å². The number of ether oxygens (including phenoxy) is 1. The van der Waals surface area contributed by atoms with Crippen molar-refractivity contribution in [3.8, 4) is 0 Å². The number of fused-ring (bicyclic) bond motifs is 1. The summed E-state index contributed by atoms with van der Waals surface area (Å²) in [6.07, 6.45) is 3.28. The summed E-state index contributed by atoms with van der Waals surface area (Å²) in [6, 6.07) is 7.79. The van der Waals surface area contributed by atoms with Crippen LogP contribution in [-0.4, -0.2) is 52.3 Å². The zero-order valence-electron chi connectivity index (χ0n) is 13.8. The van der Waals surface area contributed by atoms with Gasteiger partial charge in [-0.1, -0.05) is 18.2 Å². The molecule has 1 amide bonds. The number of carbonyl (C=O) groups is 2. The van der Waals surface area contributed by atoms with Crippen LogP contribution in [-0.2, 0) is 16.6 Å². The molecule has 2 aromatic rings. The summed E-state index contributed by atoms with van der Waals surface area (Å²) >= 11 is 0. The van der Waals surface area contributed by atoms with Crippen molar-refractivity contribution < 1.29 is 19.4 Å². The molecule has 1 aromatic carbocycles. The van der Waals surface area contributed by atoms with Crippen molar-refractivity contribution in [3.63, 3.8) is 0 Å². The largest absolute Gasteiger partial charge is 0.481 e. The van der Waals surface area contributed by atoms with Gasteiger partial charge in [0.15, 0.2) is 0 Å². The minimum absolute atomic E-state index is 0.0320. The third-order valence-electron chi connectivity index (χ3n) is 4.59. The Labute approximate surface area is 140 Å². The predicted octanol–water partition coefficient (Wildman–Crippen LogP) is 2.27. The van der Waals surface area contributed by atoms with Gasteiger partial charge in [0.1, 0.15) is 0 Å². The van der Waals surface area contributed by atoms with Crippen LogP contribution >= 0.6 is 0 Å². The number of para-hydroxylation sites is 1. The van der Waals surface area contributed by atoms with Crippen LogP contribution < -0.4 is 0 Å². The van der Waals surface area contributed by atoms with E-state index in [1.807, 2.05) is 42.1 Å². The quantitative estimate of drug-likeness (QED) is 0.913. The molecular weight excluding hydrogens is 308 g/mol. The normalized spacial score (nSPS) is 15.5. The molecule has 1 saturated heterocycles. The lowest BCUT2D eigenvalue weighted by atomic mass is 10.0. The van der Waals surface area contributed by atoms with Crippen molar-refractivity contribution in [2.24, 2.45) is 7.05 Å². The highest BCUT2D eigenvalue weighted by Crippen LogP contribution is 2.24. The third-order valence-corrected chi connectivity index (χ3v) is 4.59.